The van der Waals surface area contributed by atoms with E-state index in [1.807, 2.05) is 24.3 Å². The number of para-hydroxylation sites is 2. The summed E-state index contributed by atoms with van der Waals surface area (Å²) in [6.07, 6.45) is 3.88. The average molecular weight is 381 g/mol. The van der Waals surface area contributed by atoms with E-state index < -0.39 is 0 Å². The molecule has 1 N–H and O–H groups in total. The number of rotatable bonds is 4. The van der Waals surface area contributed by atoms with E-state index in [0.29, 0.717) is 24.8 Å². The largest absolute Gasteiger partial charge is 0.378 e. The van der Waals surface area contributed by atoms with Crippen LogP contribution in [0.3, 0.4) is 0 Å². The zero-order chi connectivity index (χ0) is 19.3. The molecule has 0 bridgehead atoms. The fraction of sp³-hybridized carbons (Fsp3) is 0.476. The normalized spacial score (nSPS) is 20.1. The third-order valence-electron chi connectivity index (χ3n) is 5.37. The zero-order valence-corrected chi connectivity index (χ0v) is 16.3. The van der Waals surface area contributed by atoms with Crippen LogP contribution >= 0.6 is 0 Å². The van der Waals surface area contributed by atoms with Crippen molar-refractivity contribution in [1.29, 1.82) is 0 Å². The van der Waals surface area contributed by atoms with Crippen molar-refractivity contribution in [2.45, 2.75) is 19.8 Å². The monoisotopic (exact) mass is 381 g/mol. The standard InChI is InChI=1S/C21H27N5O2/c1-16-5-4-8-26(14-16)20-13-18(22-15-23-20)21(27)24-17-6-2-3-7-19(17)25-9-11-28-12-10-25/h2-3,6-7,13,15-16H,4-5,8-12,14H2,1H3,(H,24,27). The second kappa shape index (κ2) is 8.56. The van der Waals surface area contributed by atoms with Gasteiger partial charge in [-0.1, -0.05) is 19.1 Å². The van der Waals surface area contributed by atoms with Crippen LogP contribution in [0.1, 0.15) is 30.3 Å². The van der Waals surface area contributed by atoms with E-state index in [1.54, 1.807) is 6.07 Å². The number of nitrogens with one attached hydrogen (secondary N) is 1. The lowest BCUT2D eigenvalue weighted by atomic mass is 10.0. The predicted octanol–water partition coefficient (Wildman–Crippen LogP) is 2.80. The number of aromatic nitrogens is 2. The molecule has 1 aromatic heterocycles. The number of hydrogen-bond acceptors (Lipinski definition) is 6. The Hall–Kier alpha value is -2.67. The molecule has 1 atom stereocenters. The summed E-state index contributed by atoms with van der Waals surface area (Å²) in [4.78, 5) is 26.0. The molecule has 0 spiro atoms. The molecule has 0 saturated carbocycles. The van der Waals surface area contributed by atoms with Gasteiger partial charge >= 0.3 is 0 Å². The molecule has 1 amide bonds. The molecule has 2 aliphatic rings. The van der Waals surface area contributed by atoms with Gasteiger partial charge in [0.05, 0.1) is 24.6 Å². The van der Waals surface area contributed by atoms with Crippen molar-refractivity contribution in [2.75, 3.05) is 54.5 Å². The van der Waals surface area contributed by atoms with E-state index in [1.165, 1.54) is 12.7 Å². The molecule has 2 fully saturated rings. The van der Waals surface area contributed by atoms with Crippen LogP contribution in [0.5, 0.6) is 0 Å². The second-order valence-electron chi connectivity index (χ2n) is 7.53. The summed E-state index contributed by atoms with van der Waals surface area (Å²) in [5, 5.41) is 3.03. The number of piperidine rings is 1. The van der Waals surface area contributed by atoms with Gasteiger partial charge in [-0.25, -0.2) is 9.97 Å². The maximum Gasteiger partial charge on any atom is 0.274 e. The Balaban J connectivity index is 1.51. The molecule has 4 rings (SSSR count). The van der Waals surface area contributed by atoms with Crippen molar-refractivity contribution in [3.05, 3.63) is 42.4 Å². The van der Waals surface area contributed by atoms with E-state index in [-0.39, 0.29) is 5.91 Å². The predicted molar refractivity (Wildman–Crippen MR) is 110 cm³/mol. The van der Waals surface area contributed by atoms with Crippen molar-refractivity contribution in [3.8, 4) is 0 Å². The number of anilines is 3. The Labute approximate surface area is 165 Å². The van der Waals surface area contributed by atoms with Crippen LogP contribution in [-0.4, -0.2) is 55.3 Å². The fourth-order valence-electron chi connectivity index (χ4n) is 3.89. The maximum absolute atomic E-state index is 12.9. The molecule has 0 radical (unpaired) electrons. The number of carbonyl (C=O) groups excluding carboxylic acids is 1. The molecule has 7 nitrogen and oxygen atoms in total. The summed E-state index contributed by atoms with van der Waals surface area (Å²) >= 11 is 0. The number of hydrogen-bond donors (Lipinski definition) is 1. The summed E-state index contributed by atoms with van der Waals surface area (Å²) in [5.41, 5.74) is 2.19. The SMILES string of the molecule is CC1CCCN(c2cc(C(=O)Nc3ccccc3N3CCOCC3)ncn2)C1. The lowest BCUT2D eigenvalue weighted by Gasteiger charge is -2.31. The smallest absolute Gasteiger partial charge is 0.274 e. The van der Waals surface area contributed by atoms with E-state index in [4.69, 9.17) is 4.74 Å². The molecule has 3 heterocycles. The molecule has 7 heteroatoms. The highest BCUT2D eigenvalue weighted by atomic mass is 16.5. The molecule has 2 aliphatic heterocycles. The molecule has 0 aliphatic carbocycles. The highest BCUT2D eigenvalue weighted by Crippen LogP contribution is 2.27. The first-order valence-corrected chi connectivity index (χ1v) is 10.0. The van der Waals surface area contributed by atoms with Gasteiger partial charge in [-0.2, -0.15) is 0 Å². The molecule has 28 heavy (non-hydrogen) atoms. The van der Waals surface area contributed by atoms with Gasteiger partial charge < -0.3 is 19.9 Å². The molecule has 1 unspecified atom stereocenters. The molecular weight excluding hydrogens is 354 g/mol. The minimum Gasteiger partial charge on any atom is -0.378 e. The van der Waals surface area contributed by atoms with Crippen LogP contribution in [-0.2, 0) is 4.74 Å². The van der Waals surface area contributed by atoms with Crippen LogP contribution in [0.2, 0.25) is 0 Å². The first kappa shape index (κ1) is 18.7. The van der Waals surface area contributed by atoms with Crippen molar-refractivity contribution < 1.29 is 9.53 Å². The highest BCUT2D eigenvalue weighted by Gasteiger charge is 2.20. The Kier molecular flexibility index (Phi) is 5.71. The minimum atomic E-state index is -0.214. The number of carbonyl (C=O) groups is 1. The topological polar surface area (TPSA) is 70.6 Å². The second-order valence-corrected chi connectivity index (χ2v) is 7.53. The first-order chi connectivity index (χ1) is 13.7. The van der Waals surface area contributed by atoms with Crippen molar-refractivity contribution in [1.82, 2.24) is 9.97 Å². The van der Waals surface area contributed by atoms with Gasteiger partial charge in [-0.3, -0.25) is 4.79 Å². The Bertz CT molecular complexity index is 822. The quantitative estimate of drug-likeness (QED) is 0.878. The van der Waals surface area contributed by atoms with Crippen LogP contribution in [0.4, 0.5) is 17.2 Å². The van der Waals surface area contributed by atoms with Crippen molar-refractivity contribution >= 4 is 23.1 Å². The van der Waals surface area contributed by atoms with Gasteiger partial charge in [0, 0.05) is 32.2 Å². The molecular formula is C21H27N5O2. The number of morpholine rings is 1. The summed E-state index contributed by atoms with van der Waals surface area (Å²) in [5.74, 6) is 1.25. The lowest BCUT2D eigenvalue weighted by molar-refractivity contribution is 0.102. The lowest BCUT2D eigenvalue weighted by Crippen LogP contribution is -2.36. The Morgan fingerprint density at radius 2 is 1.96 bits per heavy atom. The third-order valence-corrected chi connectivity index (χ3v) is 5.37. The van der Waals surface area contributed by atoms with E-state index in [2.05, 4.69) is 32.0 Å². The zero-order valence-electron chi connectivity index (χ0n) is 16.3. The molecule has 1 aromatic carbocycles. The van der Waals surface area contributed by atoms with Crippen LogP contribution in [0, 0.1) is 5.92 Å². The highest BCUT2D eigenvalue weighted by molar-refractivity contribution is 6.05. The number of amides is 1. The van der Waals surface area contributed by atoms with Gasteiger partial charge in [0.25, 0.3) is 5.91 Å². The van der Waals surface area contributed by atoms with E-state index in [9.17, 15) is 4.79 Å². The number of ether oxygens (including phenoxy) is 1. The van der Waals surface area contributed by atoms with E-state index in [0.717, 1.165) is 49.8 Å². The Morgan fingerprint density at radius 3 is 2.79 bits per heavy atom. The van der Waals surface area contributed by atoms with Gasteiger partial charge in [-0.05, 0) is 30.9 Å². The average Bonchev–Trinajstić information content (AvgIpc) is 2.75. The maximum atomic E-state index is 12.9. The van der Waals surface area contributed by atoms with Crippen LogP contribution in [0.15, 0.2) is 36.7 Å². The fourth-order valence-corrected chi connectivity index (χ4v) is 3.89. The summed E-state index contributed by atoms with van der Waals surface area (Å²) in [6, 6.07) is 9.67. The minimum absolute atomic E-state index is 0.214. The number of benzene rings is 1. The van der Waals surface area contributed by atoms with Crippen molar-refractivity contribution in [3.63, 3.8) is 0 Å². The van der Waals surface area contributed by atoms with Crippen molar-refractivity contribution in [2.24, 2.45) is 5.92 Å². The summed E-state index contributed by atoms with van der Waals surface area (Å²) in [7, 11) is 0. The van der Waals surface area contributed by atoms with Gasteiger partial charge in [0.2, 0.25) is 0 Å². The summed E-state index contributed by atoms with van der Waals surface area (Å²) < 4.78 is 5.44. The van der Waals surface area contributed by atoms with Gasteiger partial charge in [-0.15, -0.1) is 0 Å². The van der Waals surface area contributed by atoms with E-state index >= 15 is 0 Å². The molecule has 148 valence electrons. The van der Waals surface area contributed by atoms with Crippen LogP contribution < -0.4 is 15.1 Å². The third kappa shape index (κ3) is 4.25. The number of nitrogens with zero attached hydrogens (tertiary/aromatic N) is 4. The first-order valence-electron chi connectivity index (χ1n) is 10.0. The van der Waals surface area contributed by atoms with Gasteiger partial charge in [0.1, 0.15) is 17.8 Å². The van der Waals surface area contributed by atoms with Gasteiger partial charge in [0.15, 0.2) is 0 Å². The molecule has 2 aromatic rings. The summed E-state index contributed by atoms with van der Waals surface area (Å²) in [6.45, 7) is 7.23. The molecule has 2 saturated heterocycles. The van der Waals surface area contributed by atoms with Crippen LogP contribution in [0.25, 0.3) is 0 Å². The Morgan fingerprint density at radius 1 is 1.14 bits per heavy atom.